The van der Waals surface area contributed by atoms with Crippen LogP contribution in [0.25, 0.3) is 0 Å². The molecule has 3 amide bonds. The zero-order chi connectivity index (χ0) is 40.4. The van der Waals surface area contributed by atoms with Crippen molar-refractivity contribution in [2.45, 2.75) is 143 Å². The van der Waals surface area contributed by atoms with Gasteiger partial charge in [-0.25, -0.2) is 4.98 Å². The Hall–Kier alpha value is -3.35. The molecule has 0 saturated carbocycles. The lowest BCUT2D eigenvalue weighted by Gasteiger charge is -2.52. The SMILES string of the molecule is CCO[C@H](C[C@H](C(C)C)N(C)C(=O)[C@@H](NC(=O)[C@H]1CCCC[N+]1(C)C(C)(C)C)[C@@H](C)CC)c1nc(C(=O)N[C@@H](Cc2ccccc2)C[C@H](C)C(=O)O)cs1. The first-order valence-corrected chi connectivity index (χ1v) is 20.8. The molecule has 0 bridgehead atoms. The molecule has 1 saturated heterocycles. The third-order valence-corrected chi connectivity index (χ3v) is 12.8. The Balaban J connectivity index is 1.81. The molecule has 302 valence electrons. The van der Waals surface area contributed by atoms with Crippen molar-refractivity contribution >= 4 is 35.0 Å². The first-order valence-electron chi connectivity index (χ1n) is 19.9. The number of nitrogens with one attached hydrogen (secondary N) is 2. The molecule has 3 rings (SSSR count). The largest absolute Gasteiger partial charge is 0.481 e. The Kier molecular flexibility index (Phi) is 16.7. The van der Waals surface area contributed by atoms with E-state index in [0.29, 0.717) is 28.9 Å². The maximum absolute atomic E-state index is 14.4. The Morgan fingerprint density at radius 3 is 2.28 bits per heavy atom. The van der Waals surface area contributed by atoms with Gasteiger partial charge in [0.2, 0.25) is 5.91 Å². The number of quaternary nitrogens is 1. The van der Waals surface area contributed by atoms with E-state index in [1.165, 1.54) is 11.3 Å². The van der Waals surface area contributed by atoms with Crippen LogP contribution in [0.4, 0.5) is 0 Å². The number of carboxylic acids is 1. The van der Waals surface area contributed by atoms with Crippen molar-refractivity contribution in [2.75, 3.05) is 27.2 Å². The lowest BCUT2D eigenvalue weighted by Crippen LogP contribution is -2.69. The number of rotatable bonds is 19. The van der Waals surface area contributed by atoms with Crippen molar-refractivity contribution < 1.29 is 33.5 Å². The third kappa shape index (κ3) is 11.6. The third-order valence-electron chi connectivity index (χ3n) is 11.8. The van der Waals surface area contributed by atoms with E-state index in [1.807, 2.05) is 58.2 Å². The molecule has 2 heterocycles. The minimum absolute atomic E-state index is 0.0514. The molecule has 11 nitrogen and oxygen atoms in total. The van der Waals surface area contributed by atoms with Gasteiger partial charge in [0.1, 0.15) is 22.8 Å². The summed E-state index contributed by atoms with van der Waals surface area (Å²) in [5.74, 6) is -2.09. The van der Waals surface area contributed by atoms with Gasteiger partial charge >= 0.3 is 5.97 Å². The van der Waals surface area contributed by atoms with Gasteiger partial charge in [0.25, 0.3) is 11.8 Å². The van der Waals surface area contributed by atoms with Gasteiger partial charge in [0, 0.05) is 44.0 Å². The monoisotopic (exact) mass is 770 g/mol. The number of carbonyl (C=O) groups is 4. The van der Waals surface area contributed by atoms with E-state index in [0.717, 1.165) is 37.8 Å². The molecule has 8 atom stereocenters. The number of benzene rings is 1. The number of carbonyl (C=O) groups excluding carboxylic acids is 3. The summed E-state index contributed by atoms with van der Waals surface area (Å²) < 4.78 is 6.88. The predicted molar refractivity (Wildman–Crippen MR) is 215 cm³/mol. The average molecular weight is 771 g/mol. The zero-order valence-electron chi connectivity index (χ0n) is 34.7. The first-order chi connectivity index (χ1) is 25.3. The number of nitrogens with zero attached hydrogens (tertiary/aromatic N) is 3. The van der Waals surface area contributed by atoms with Crippen molar-refractivity contribution in [3.05, 3.63) is 52.0 Å². The minimum Gasteiger partial charge on any atom is -0.481 e. The number of likely N-dealkylation sites (tertiary alicyclic amines) is 1. The van der Waals surface area contributed by atoms with Crippen molar-refractivity contribution in [2.24, 2.45) is 17.8 Å². The van der Waals surface area contributed by atoms with Crippen molar-refractivity contribution in [3.63, 3.8) is 0 Å². The van der Waals surface area contributed by atoms with E-state index in [-0.39, 0.29) is 59.3 Å². The molecule has 12 heteroatoms. The maximum atomic E-state index is 14.4. The number of carboxylic acid groups (broad SMARTS) is 1. The van der Waals surface area contributed by atoms with E-state index in [2.05, 4.69) is 52.3 Å². The van der Waals surface area contributed by atoms with E-state index in [9.17, 15) is 24.3 Å². The Morgan fingerprint density at radius 2 is 1.70 bits per heavy atom. The molecular formula is C42H68N5O6S+. The summed E-state index contributed by atoms with van der Waals surface area (Å²) in [5, 5.41) is 18.2. The summed E-state index contributed by atoms with van der Waals surface area (Å²) in [7, 11) is 3.99. The zero-order valence-corrected chi connectivity index (χ0v) is 35.5. The molecule has 1 fully saturated rings. The standard InChI is InChI=1S/C42H67N5O6S/c1-12-28(5)36(45-38(49)34-21-17-18-22-47(34,11)42(7,8)9)40(50)46(10)33(27(3)4)25-35(53-13-2)39-44-32(26-54-39)37(48)43-31(23-29(6)41(51)52)24-30-19-15-14-16-20-30/h14-16,19-20,26-29,31,33-36H,12-13,17-18,21-25H2,1-11H3,(H2-,43,45,48,49,51,52)/p+1/t28-,29-,31+,33+,34+,35+,36-,47?/m0/s1. The van der Waals surface area contributed by atoms with Crippen LogP contribution in [0.3, 0.4) is 0 Å². The van der Waals surface area contributed by atoms with Crippen molar-refractivity contribution in [3.8, 4) is 0 Å². The quantitative estimate of drug-likeness (QED) is 0.133. The van der Waals surface area contributed by atoms with Gasteiger partial charge in [-0.3, -0.25) is 19.2 Å². The molecule has 54 heavy (non-hydrogen) atoms. The van der Waals surface area contributed by atoms with Gasteiger partial charge in [0.15, 0.2) is 6.04 Å². The number of aromatic nitrogens is 1. The number of aliphatic carboxylic acids is 1. The Bertz CT molecular complexity index is 1530. The number of hydrogen-bond acceptors (Lipinski definition) is 7. The molecule has 1 aromatic heterocycles. The molecule has 1 aliphatic heterocycles. The van der Waals surface area contributed by atoms with Crippen LogP contribution in [0, 0.1) is 17.8 Å². The second-order valence-electron chi connectivity index (χ2n) is 16.9. The molecule has 0 aliphatic carbocycles. The molecule has 1 aromatic carbocycles. The second kappa shape index (κ2) is 20.0. The fourth-order valence-corrected chi connectivity index (χ4v) is 8.54. The van der Waals surface area contributed by atoms with Gasteiger partial charge in [-0.2, -0.15) is 0 Å². The Morgan fingerprint density at radius 1 is 1.04 bits per heavy atom. The summed E-state index contributed by atoms with van der Waals surface area (Å²) >= 11 is 1.34. The van der Waals surface area contributed by atoms with Crippen molar-refractivity contribution in [1.82, 2.24) is 20.5 Å². The summed E-state index contributed by atoms with van der Waals surface area (Å²) in [5.41, 5.74) is 1.13. The van der Waals surface area contributed by atoms with Gasteiger partial charge < -0.3 is 29.9 Å². The summed E-state index contributed by atoms with van der Waals surface area (Å²) in [4.78, 5) is 60.3. The lowest BCUT2D eigenvalue weighted by atomic mass is 9.89. The number of hydrogen-bond donors (Lipinski definition) is 3. The van der Waals surface area contributed by atoms with Crippen LogP contribution in [-0.4, -0.2) is 100 Å². The maximum Gasteiger partial charge on any atom is 0.306 e. The number of piperidine rings is 1. The van der Waals surface area contributed by atoms with Gasteiger partial charge in [-0.1, -0.05) is 71.4 Å². The minimum atomic E-state index is -0.911. The van der Waals surface area contributed by atoms with Gasteiger partial charge in [0.05, 0.1) is 25.0 Å². The number of ether oxygens (including phenoxy) is 1. The fraction of sp³-hybridized carbons (Fsp3) is 0.690. The summed E-state index contributed by atoms with van der Waals surface area (Å²) in [6.07, 6.45) is 4.36. The van der Waals surface area contributed by atoms with Crippen LogP contribution < -0.4 is 10.6 Å². The first kappa shape index (κ1) is 45.0. The van der Waals surface area contributed by atoms with Crippen LogP contribution in [0.15, 0.2) is 35.7 Å². The summed E-state index contributed by atoms with van der Waals surface area (Å²) in [6.45, 7) is 19.7. The summed E-state index contributed by atoms with van der Waals surface area (Å²) in [6, 6.07) is 8.15. The molecule has 0 spiro atoms. The van der Waals surface area contributed by atoms with Crippen LogP contribution in [0.5, 0.6) is 0 Å². The highest BCUT2D eigenvalue weighted by Crippen LogP contribution is 2.34. The smallest absolute Gasteiger partial charge is 0.306 e. The highest BCUT2D eigenvalue weighted by Gasteiger charge is 2.49. The number of amides is 3. The second-order valence-corrected chi connectivity index (χ2v) is 17.8. The molecule has 1 unspecified atom stereocenters. The average Bonchev–Trinajstić information content (AvgIpc) is 3.62. The fourth-order valence-electron chi connectivity index (χ4n) is 7.68. The predicted octanol–water partition coefficient (Wildman–Crippen LogP) is 6.87. The molecule has 3 N–H and O–H groups in total. The topological polar surface area (TPSA) is 138 Å². The molecular weight excluding hydrogens is 703 g/mol. The van der Waals surface area contributed by atoms with E-state index < -0.39 is 30.1 Å². The lowest BCUT2D eigenvalue weighted by molar-refractivity contribution is -0.971. The molecule has 2 aromatic rings. The molecule has 0 radical (unpaired) electrons. The normalized spacial score (nSPS) is 21.0. The van der Waals surface area contributed by atoms with E-state index in [4.69, 9.17) is 9.72 Å². The number of likely N-dealkylation sites (N-methyl/N-ethyl adjacent to an activating group) is 2. The van der Waals surface area contributed by atoms with E-state index >= 15 is 0 Å². The highest BCUT2D eigenvalue weighted by atomic mass is 32.1. The van der Waals surface area contributed by atoms with Gasteiger partial charge in [-0.15, -0.1) is 11.3 Å². The Labute approximate surface area is 328 Å². The van der Waals surface area contributed by atoms with Crippen LogP contribution in [-0.2, 0) is 25.5 Å². The highest BCUT2D eigenvalue weighted by molar-refractivity contribution is 7.09. The van der Waals surface area contributed by atoms with Crippen LogP contribution >= 0.6 is 11.3 Å². The van der Waals surface area contributed by atoms with Crippen molar-refractivity contribution in [1.29, 1.82) is 0 Å². The molecule has 1 aliphatic rings. The number of thiazole rings is 1. The van der Waals surface area contributed by atoms with Gasteiger partial charge in [-0.05, 0) is 70.8 Å². The van der Waals surface area contributed by atoms with Crippen LogP contribution in [0.2, 0.25) is 0 Å². The van der Waals surface area contributed by atoms with Crippen LogP contribution in [0.1, 0.15) is 128 Å². The van der Waals surface area contributed by atoms with E-state index in [1.54, 1.807) is 17.2 Å².